The molecule has 4 aliphatic rings. The highest BCUT2D eigenvalue weighted by Gasteiger charge is 2.28. The molecule has 61 heavy (non-hydrogen) atoms. The molecule has 4 unspecified atom stereocenters. The number of nitrogens with zero attached hydrogens (tertiary/aromatic N) is 2. The molecular weight excluding hydrogens is 943 g/mol. The number of hydrogen-bond donors (Lipinski definition) is 6. The molecule has 0 fully saturated rings. The van der Waals surface area contributed by atoms with Gasteiger partial charge in [0, 0.05) is 62.5 Å². The predicted octanol–water partition coefficient (Wildman–Crippen LogP) is 9.13. The zero-order chi connectivity index (χ0) is 43.6. The number of phenolic OH excluding ortho intramolecular Hbond substituents is 2. The molecule has 0 aromatic heterocycles. The van der Waals surface area contributed by atoms with Crippen molar-refractivity contribution in [3.8, 4) is 11.5 Å². The predicted molar refractivity (Wildman–Crippen MR) is 244 cm³/mol. The Morgan fingerprint density at radius 3 is 1.82 bits per heavy atom. The zero-order valence-corrected chi connectivity index (χ0v) is 35.2. The first-order valence-corrected chi connectivity index (χ1v) is 20.1. The molecule has 0 radical (unpaired) electrons. The molecule has 0 spiro atoms. The molecule has 0 bridgehead atoms. The standard InChI is InChI=1S/C22H16ClFN2O2.C15H11ClFIN2O.C7H7BO4/c23-17-10-18(24)21(11-22(17)28)26-19-6-7-25-20-9-15(4-5-16(19)20)14-3-1-2-13(8-14)12-27;16-10-6-11(17)14(7-15(10)21)20-12-3-4-19-13-5-8(18)1-2-9(12)13;9-5-6-2-1-3-7(4-6)8(10)12-11/h1-12,16,20,26,28H;1-7,9,13,20-21H;1-5,10-11H. The minimum atomic E-state index is -1.40. The fourth-order valence-corrected chi connectivity index (χ4v) is 7.35. The van der Waals surface area contributed by atoms with E-state index in [2.05, 4.69) is 54.1 Å². The highest BCUT2D eigenvalue weighted by atomic mass is 127. The van der Waals surface area contributed by atoms with Crippen LogP contribution >= 0.6 is 45.8 Å². The second-order valence-electron chi connectivity index (χ2n) is 13.6. The van der Waals surface area contributed by atoms with Crippen LogP contribution in [-0.2, 0) is 4.81 Å². The molecule has 2 aliphatic carbocycles. The lowest BCUT2D eigenvalue weighted by atomic mass is 9.79. The van der Waals surface area contributed by atoms with Gasteiger partial charge in [-0.25, -0.2) is 8.78 Å². The number of anilines is 2. The van der Waals surface area contributed by atoms with Crippen LogP contribution < -0.4 is 16.1 Å². The molecule has 4 atom stereocenters. The number of allylic oxidation sites excluding steroid dienone is 6. The maximum Gasteiger partial charge on any atom is 0.522 e. The molecular formula is C44H34BCl2F2IN4O7. The Hall–Kier alpha value is -5.69. The van der Waals surface area contributed by atoms with Gasteiger partial charge in [0.25, 0.3) is 0 Å². The first-order valence-electron chi connectivity index (χ1n) is 18.3. The summed E-state index contributed by atoms with van der Waals surface area (Å²) in [5.74, 6) is -1.47. The lowest BCUT2D eigenvalue weighted by Crippen LogP contribution is -2.32. The van der Waals surface area contributed by atoms with Crippen LogP contribution in [-0.4, -0.2) is 64.7 Å². The molecule has 2 aliphatic heterocycles. The minimum absolute atomic E-state index is 0.00911. The fourth-order valence-electron chi connectivity index (χ4n) is 6.47. The Bertz CT molecular complexity index is 2580. The van der Waals surface area contributed by atoms with E-state index in [0.29, 0.717) is 22.9 Å². The quantitative estimate of drug-likeness (QED) is 0.0315. The van der Waals surface area contributed by atoms with Crippen molar-refractivity contribution in [3.05, 3.63) is 175 Å². The van der Waals surface area contributed by atoms with Crippen LogP contribution in [0.15, 0.2) is 146 Å². The second kappa shape index (κ2) is 20.7. The van der Waals surface area contributed by atoms with E-state index in [-0.39, 0.29) is 56.8 Å². The van der Waals surface area contributed by atoms with Crippen molar-refractivity contribution in [2.24, 2.45) is 21.8 Å². The summed E-state index contributed by atoms with van der Waals surface area (Å²) >= 11 is 13.7. The Labute approximate surface area is 372 Å². The van der Waals surface area contributed by atoms with Crippen LogP contribution in [0, 0.1) is 23.5 Å². The number of halogens is 5. The second-order valence-corrected chi connectivity index (χ2v) is 15.6. The first-order chi connectivity index (χ1) is 29.4. The molecule has 0 saturated heterocycles. The molecule has 0 saturated carbocycles. The van der Waals surface area contributed by atoms with E-state index in [0.717, 1.165) is 44.5 Å². The maximum absolute atomic E-state index is 14.2. The minimum Gasteiger partial charge on any atom is -0.506 e. The largest absolute Gasteiger partial charge is 0.522 e. The van der Waals surface area contributed by atoms with Crippen molar-refractivity contribution < 1.29 is 43.7 Å². The van der Waals surface area contributed by atoms with Crippen LogP contribution in [0.4, 0.5) is 20.2 Å². The number of fused-ring (bicyclic) bond motifs is 2. The average Bonchev–Trinajstić information content (AvgIpc) is 3.27. The SMILES string of the molecule is O=Cc1cccc(B(O)OO)c1.O=Cc1cccc(C2=CC3N=CC=C(Nc4cc(O)c(Cl)cc4F)C3C=C2)c1.Oc1cc(NC2=CC=NC3C=C(I)C=CC23)c(F)cc1Cl. The normalized spacial score (nSPS) is 19.2. The molecule has 4 aromatic rings. The van der Waals surface area contributed by atoms with Crippen LogP contribution in [0.2, 0.25) is 10.0 Å². The third kappa shape index (κ3) is 11.4. The summed E-state index contributed by atoms with van der Waals surface area (Å²) in [7, 11) is -1.40. The van der Waals surface area contributed by atoms with Crippen molar-refractivity contribution in [1.82, 2.24) is 0 Å². The van der Waals surface area contributed by atoms with E-state index in [1.165, 1.54) is 24.3 Å². The summed E-state index contributed by atoms with van der Waals surface area (Å²) in [6.07, 6.45) is 20.5. The molecule has 0 amide bonds. The van der Waals surface area contributed by atoms with Crippen molar-refractivity contribution in [3.63, 3.8) is 0 Å². The molecule has 6 N–H and O–H groups in total. The summed E-state index contributed by atoms with van der Waals surface area (Å²) in [4.78, 5) is 33.9. The maximum atomic E-state index is 14.2. The number of nitrogens with one attached hydrogen (secondary N) is 2. The van der Waals surface area contributed by atoms with Crippen LogP contribution in [0.25, 0.3) is 5.57 Å². The van der Waals surface area contributed by atoms with E-state index >= 15 is 0 Å². The molecule has 17 heteroatoms. The van der Waals surface area contributed by atoms with E-state index in [1.54, 1.807) is 36.7 Å². The van der Waals surface area contributed by atoms with Gasteiger partial charge in [0.15, 0.2) is 0 Å². The van der Waals surface area contributed by atoms with E-state index < -0.39 is 18.8 Å². The number of carbonyl (C=O) groups excluding carboxylic acids is 2. The number of rotatable bonds is 9. The van der Waals surface area contributed by atoms with Gasteiger partial charge in [0.05, 0.1) is 33.5 Å². The van der Waals surface area contributed by atoms with Gasteiger partial charge >= 0.3 is 7.12 Å². The summed E-state index contributed by atoms with van der Waals surface area (Å²) in [5.41, 5.74) is 5.19. The third-order valence-corrected chi connectivity index (χ3v) is 10.8. The van der Waals surface area contributed by atoms with Crippen molar-refractivity contribution >= 4 is 100 Å². The third-order valence-electron chi connectivity index (χ3n) is 9.52. The van der Waals surface area contributed by atoms with Crippen molar-refractivity contribution in [2.75, 3.05) is 10.6 Å². The topological polar surface area (TPSA) is 173 Å². The lowest BCUT2D eigenvalue weighted by molar-refractivity contribution is -0.154. The number of phenols is 2. The summed E-state index contributed by atoms with van der Waals surface area (Å²) in [5, 5.41) is 42.5. The number of aromatic hydroxyl groups is 2. The van der Waals surface area contributed by atoms with Gasteiger partial charge in [-0.2, -0.15) is 0 Å². The zero-order valence-electron chi connectivity index (χ0n) is 31.5. The van der Waals surface area contributed by atoms with Crippen LogP contribution in [0.3, 0.4) is 0 Å². The van der Waals surface area contributed by atoms with Gasteiger partial charge in [-0.3, -0.25) is 29.6 Å². The van der Waals surface area contributed by atoms with Gasteiger partial charge in [-0.05, 0) is 75.6 Å². The number of dihydropyridines is 2. The molecule has 2 heterocycles. The number of aliphatic imine (C=N–C) groups is 2. The van der Waals surface area contributed by atoms with Gasteiger partial charge in [-0.15, -0.1) is 0 Å². The number of aldehydes is 2. The van der Waals surface area contributed by atoms with Crippen LogP contribution in [0.5, 0.6) is 11.5 Å². The van der Waals surface area contributed by atoms with Gasteiger partial charge in [-0.1, -0.05) is 96.0 Å². The Kier molecular flexibility index (Phi) is 15.2. The molecule has 4 aromatic carbocycles. The van der Waals surface area contributed by atoms with Gasteiger partial charge < -0.3 is 25.9 Å². The van der Waals surface area contributed by atoms with Crippen molar-refractivity contribution in [1.29, 1.82) is 0 Å². The van der Waals surface area contributed by atoms with Gasteiger partial charge in [0.1, 0.15) is 35.7 Å². The summed E-state index contributed by atoms with van der Waals surface area (Å²) < 4.78 is 29.2. The first kappa shape index (κ1) is 44.9. The monoisotopic (exact) mass is 976 g/mol. The summed E-state index contributed by atoms with van der Waals surface area (Å²) in [6.45, 7) is 0. The highest BCUT2D eigenvalue weighted by Crippen LogP contribution is 2.37. The highest BCUT2D eigenvalue weighted by molar-refractivity contribution is 14.1. The Balaban J connectivity index is 0.000000166. The number of hydrogen-bond acceptors (Lipinski definition) is 11. The lowest BCUT2D eigenvalue weighted by Gasteiger charge is -2.29. The Morgan fingerprint density at radius 1 is 0.738 bits per heavy atom. The van der Waals surface area contributed by atoms with E-state index in [1.807, 2.05) is 54.7 Å². The number of carbonyl (C=O) groups is 2. The summed E-state index contributed by atoms with van der Waals surface area (Å²) in [6, 6.07) is 18.1. The molecule has 11 nitrogen and oxygen atoms in total. The number of benzene rings is 4. The molecule has 8 rings (SSSR count). The Morgan fingerprint density at radius 2 is 1.26 bits per heavy atom. The van der Waals surface area contributed by atoms with E-state index in [9.17, 15) is 28.6 Å². The van der Waals surface area contributed by atoms with Crippen LogP contribution in [0.1, 0.15) is 26.3 Å². The molecule has 310 valence electrons. The van der Waals surface area contributed by atoms with Gasteiger partial charge in [0.2, 0.25) is 0 Å². The fraction of sp³-hybridized carbons (Fsp3) is 0.0909. The van der Waals surface area contributed by atoms with E-state index in [4.69, 9.17) is 33.5 Å². The van der Waals surface area contributed by atoms with Crippen molar-refractivity contribution in [2.45, 2.75) is 12.1 Å². The average molecular weight is 977 g/mol. The smallest absolute Gasteiger partial charge is 0.506 e.